The number of methoxy groups -OCH3 is 3. The zero-order valence-corrected chi connectivity index (χ0v) is 20.7. The second-order valence-corrected chi connectivity index (χ2v) is 10.1. The monoisotopic (exact) mass is 468 g/mol. The van der Waals surface area contributed by atoms with E-state index >= 15 is 0 Å². The van der Waals surface area contributed by atoms with Crippen molar-refractivity contribution in [2.45, 2.75) is 32.7 Å². The fourth-order valence-corrected chi connectivity index (χ4v) is 6.49. The number of rotatable bonds is 6. The van der Waals surface area contributed by atoms with Crippen LogP contribution >= 0.6 is 11.3 Å². The van der Waals surface area contributed by atoms with Crippen molar-refractivity contribution in [3.05, 3.63) is 34.5 Å². The van der Waals surface area contributed by atoms with Gasteiger partial charge in [-0.1, -0.05) is 13.0 Å². The van der Waals surface area contributed by atoms with Crippen molar-refractivity contribution in [1.82, 2.24) is 14.9 Å². The standard InChI is InChI=1S/C25H32N4O3S/c1-16-5-7-18-20(13-16)33-25-21(18)24(26-15-27-25)29-11-9-28(10-12-29)14-17-6-8-19(30-2)23(32-4)22(17)31-3/h6,8,15-16H,5,7,9-14H2,1-4H3/t16-/m1/s1. The maximum absolute atomic E-state index is 5.68. The van der Waals surface area contributed by atoms with Gasteiger partial charge in [-0.2, -0.15) is 0 Å². The highest BCUT2D eigenvalue weighted by molar-refractivity contribution is 7.19. The largest absolute Gasteiger partial charge is 0.493 e. The first-order valence-electron chi connectivity index (χ1n) is 11.6. The molecule has 7 nitrogen and oxygen atoms in total. The fraction of sp³-hybridized carbons (Fsp3) is 0.520. The Labute approximate surface area is 199 Å². The molecule has 1 aliphatic heterocycles. The van der Waals surface area contributed by atoms with Crippen LogP contribution in [0.5, 0.6) is 17.2 Å². The van der Waals surface area contributed by atoms with Crippen LogP contribution < -0.4 is 19.1 Å². The number of thiophene rings is 1. The highest BCUT2D eigenvalue weighted by atomic mass is 32.1. The molecule has 176 valence electrons. The number of aromatic nitrogens is 2. The molecule has 3 aromatic rings. The highest BCUT2D eigenvalue weighted by Gasteiger charge is 2.27. The molecule has 33 heavy (non-hydrogen) atoms. The number of hydrogen-bond acceptors (Lipinski definition) is 8. The van der Waals surface area contributed by atoms with Crippen LogP contribution in [0.4, 0.5) is 5.82 Å². The molecule has 0 saturated carbocycles. The molecule has 1 aromatic carbocycles. The number of ether oxygens (including phenoxy) is 3. The lowest BCUT2D eigenvalue weighted by molar-refractivity contribution is 0.243. The molecule has 1 fully saturated rings. The van der Waals surface area contributed by atoms with E-state index in [0.29, 0.717) is 11.5 Å². The topological polar surface area (TPSA) is 60.0 Å². The fourth-order valence-electron chi connectivity index (χ4n) is 5.14. The van der Waals surface area contributed by atoms with Crippen LogP contribution in [0.1, 0.15) is 29.3 Å². The van der Waals surface area contributed by atoms with Crippen LogP contribution in [-0.2, 0) is 19.4 Å². The molecule has 2 aliphatic rings. The third-order valence-corrected chi connectivity index (χ3v) is 8.09. The van der Waals surface area contributed by atoms with Crippen molar-refractivity contribution in [3.8, 4) is 17.2 Å². The van der Waals surface area contributed by atoms with Gasteiger partial charge in [0.1, 0.15) is 17.0 Å². The highest BCUT2D eigenvalue weighted by Crippen LogP contribution is 2.42. The van der Waals surface area contributed by atoms with Crippen molar-refractivity contribution in [2.75, 3.05) is 52.4 Å². The predicted octanol–water partition coefficient (Wildman–Crippen LogP) is 4.16. The van der Waals surface area contributed by atoms with Crippen molar-refractivity contribution in [1.29, 1.82) is 0 Å². The van der Waals surface area contributed by atoms with Gasteiger partial charge in [0, 0.05) is 43.2 Å². The maximum Gasteiger partial charge on any atom is 0.203 e. The van der Waals surface area contributed by atoms with Crippen molar-refractivity contribution in [3.63, 3.8) is 0 Å². The van der Waals surface area contributed by atoms with Crippen LogP contribution in [0.2, 0.25) is 0 Å². The summed E-state index contributed by atoms with van der Waals surface area (Å²) < 4.78 is 16.7. The van der Waals surface area contributed by atoms with Crippen LogP contribution in [0, 0.1) is 5.92 Å². The Kier molecular flexibility index (Phi) is 6.29. The third kappa shape index (κ3) is 4.10. The smallest absolute Gasteiger partial charge is 0.203 e. The quantitative estimate of drug-likeness (QED) is 0.538. The lowest BCUT2D eigenvalue weighted by Gasteiger charge is -2.36. The lowest BCUT2D eigenvalue weighted by atomic mass is 9.89. The number of piperazine rings is 1. The third-order valence-electron chi connectivity index (χ3n) is 6.92. The number of fused-ring (bicyclic) bond motifs is 3. The summed E-state index contributed by atoms with van der Waals surface area (Å²) in [7, 11) is 4.97. The Morgan fingerprint density at radius 1 is 1.00 bits per heavy atom. The van der Waals surface area contributed by atoms with Gasteiger partial charge in [0.25, 0.3) is 0 Å². The Morgan fingerprint density at radius 2 is 1.79 bits per heavy atom. The van der Waals surface area contributed by atoms with E-state index in [2.05, 4.69) is 27.8 Å². The summed E-state index contributed by atoms with van der Waals surface area (Å²) in [5, 5.41) is 1.31. The first kappa shape index (κ1) is 22.2. The van der Waals surface area contributed by atoms with E-state index in [1.807, 2.05) is 17.4 Å². The summed E-state index contributed by atoms with van der Waals surface area (Å²) in [4.78, 5) is 17.0. The average Bonchev–Trinajstić information content (AvgIpc) is 3.21. The van der Waals surface area contributed by atoms with Crippen molar-refractivity contribution in [2.24, 2.45) is 5.92 Å². The van der Waals surface area contributed by atoms with E-state index in [9.17, 15) is 0 Å². The summed E-state index contributed by atoms with van der Waals surface area (Å²) in [6.45, 7) is 6.99. The minimum atomic E-state index is 0.649. The van der Waals surface area contributed by atoms with Crippen LogP contribution in [0.15, 0.2) is 18.5 Å². The zero-order chi connectivity index (χ0) is 22.9. The van der Waals surface area contributed by atoms with Gasteiger partial charge >= 0.3 is 0 Å². The molecule has 0 unspecified atom stereocenters. The van der Waals surface area contributed by atoms with Gasteiger partial charge in [-0.15, -0.1) is 11.3 Å². The van der Waals surface area contributed by atoms with Gasteiger partial charge in [-0.3, -0.25) is 4.90 Å². The van der Waals surface area contributed by atoms with E-state index in [4.69, 9.17) is 19.2 Å². The Bertz CT molecular complexity index is 1140. The van der Waals surface area contributed by atoms with E-state index in [-0.39, 0.29) is 0 Å². The normalized spacial score (nSPS) is 18.9. The second kappa shape index (κ2) is 9.35. The lowest BCUT2D eigenvalue weighted by Crippen LogP contribution is -2.46. The molecular formula is C25H32N4O3S. The molecule has 8 heteroatoms. The molecule has 1 aliphatic carbocycles. The summed E-state index contributed by atoms with van der Waals surface area (Å²) >= 11 is 1.87. The van der Waals surface area contributed by atoms with Gasteiger partial charge in [-0.25, -0.2) is 9.97 Å². The van der Waals surface area contributed by atoms with Crippen molar-refractivity contribution < 1.29 is 14.2 Å². The summed E-state index contributed by atoms with van der Waals surface area (Å²) in [5.74, 6) is 3.96. The molecule has 5 rings (SSSR count). The van der Waals surface area contributed by atoms with E-state index < -0.39 is 0 Å². The molecule has 0 N–H and O–H groups in total. The molecule has 0 spiro atoms. The number of anilines is 1. The predicted molar refractivity (Wildman–Crippen MR) is 132 cm³/mol. The number of aryl methyl sites for hydroxylation is 1. The Morgan fingerprint density at radius 3 is 2.52 bits per heavy atom. The molecule has 0 radical (unpaired) electrons. The minimum Gasteiger partial charge on any atom is -0.493 e. The molecule has 3 heterocycles. The Balaban J connectivity index is 1.33. The van der Waals surface area contributed by atoms with Crippen LogP contribution in [-0.4, -0.2) is 62.4 Å². The minimum absolute atomic E-state index is 0.649. The molecule has 1 atom stereocenters. The van der Waals surface area contributed by atoms with E-state index in [0.717, 1.165) is 67.0 Å². The molecule has 0 amide bonds. The second-order valence-electron chi connectivity index (χ2n) is 8.99. The molecule has 2 aromatic heterocycles. The first-order valence-corrected chi connectivity index (χ1v) is 12.4. The van der Waals surface area contributed by atoms with Gasteiger partial charge in [0.2, 0.25) is 5.75 Å². The van der Waals surface area contributed by atoms with Gasteiger partial charge in [0.15, 0.2) is 11.5 Å². The first-order chi connectivity index (χ1) is 16.1. The van der Waals surface area contributed by atoms with Crippen LogP contribution in [0.3, 0.4) is 0 Å². The van der Waals surface area contributed by atoms with E-state index in [1.165, 1.54) is 28.7 Å². The number of hydrogen-bond donors (Lipinski definition) is 0. The maximum atomic E-state index is 5.68. The zero-order valence-electron chi connectivity index (χ0n) is 19.9. The molecule has 0 bridgehead atoms. The molecule has 1 saturated heterocycles. The SMILES string of the molecule is COc1ccc(CN2CCN(c3ncnc4sc5c(c34)CC[C@@H](C)C5)CC2)c(OC)c1OC. The van der Waals surface area contributed by atoms with Crippen molar-refractivity contribution >= 4 is 27.4 Å². The van der Waals surface area contributed by atoms with Gasteiger partial charge in [-0.05, 0) is 36.8 Å². The molecular weight excluding hydrogens is 436 g/mol. The van der Waals surface area contributed by atoms with E-state index in [1.54, 1.807) is 27.7 Å². The van der Waals surface area contributed by atoms with Gasteiger partial charge < -0.3 is 19.1 Å². The summed E-state index contributed by atoms with van der Waals surface area (Å²) in [6, 6.07) is 4.02. The number of nitrogens with zero attached hydrogens (tertiary/aromatic N) is 4. The van der Waals surface area contributed by atoms with Gasteiger partial charge in [0.05, 0.1) is 26.7 Å². The Hall–Kier alpha value is -2.58. The summed E-state index contributed by atoms with van der Waals surface area (Å²) in [6.07, 6.45) is 5.32. The average molecular weight is 469 g/mol. The number of benzene rings is 1. The summed E-state index contributed by atoms with van der Waals surface area (Å²) in [5.41, 5.74) is 2.61. The van der Waals surface area contributed by atoms with Crippen LogP contribution in [0.25, 0.3) is 10.2 Å².